The summed E-state index contributed by atoms with van der Waals surface area (Å²) < 4.78 is 16.1. The molecular formula is C30H37N5O7. The molecule has 224 valence electrons. The standard InChI is InChI=1S/C30H37N5O7/c1-29(2,3)41-23(36)14-13-22(27(39)42-30(4,5)6)33-25(37)18-8-10-19(11-9-18)26(38)40-16-17-7-12-21-20(15-17)24(31)35-28(32)34-21/h7-12,15,22H,13-14,16H2,1-6H3,(H,33,37)(H4,31,32,34,35)/t22-/m1/s1. The SMILES string of the molecule is CC(C)(C)OC(=O)CC[C@@H](NC(=O)c1ccc(C(=O)OCc2ccc3nc(N)nc(N)c3c2)cc1)C(=O)OC(C)(C)C. The van der Waals surface area contributed by atoms with E-state index < -0.39 is 41.1 Å². The van der Waals surface area contributed by atoms with Gasteiger partial charge in [-0.05, 0) is 89.9 Å². The number of nitrogens with two attached hydrogens (primary N) is 2. The van der Waals surface area contributed by atoms with Crippen LogP contribution in [0.4, 0.5) is 11.8 Å². The van der Waals surface area contributed by atoms with Crippen LogP contribution in [0.2, 0.25) is 0 Å². The van der Waals surface area contributed by atoms with E-state index in [2.05, 4.69) is 15.3 Å². The number of carbonyl (C=O) groups excluding carboxylic acids is 4. The highest BCUT2D eigenvalue weighted by atomic mass is 16.6. The summed E-state index contributed by atoms with van der Waals surface area (Å²) in [5.74, 6) is -2.07. The molecule has 0 aliphatic rings. The van der Waals surface area contributed by atoms with Crippen LogP contribution in [0.5, 0.6) is 0 Å². The molecule has 0 saturated heterocycles. The maximum Gasteiger partial charge on any atom is 0.338 e. The predicted molar refractivity (Wildman–Crippen MR) is 156 cm³/mol. The number of benzene rings is 2. The van der Waals surface area contributed by atoms with Gasteiger partial charge >= 0.3 is 17.9 Å². The van der Waals surface area contributed by atoms with Crippen LogP contribution in [-0.4, -0.2) is 51.0 Å². The van der Waals surface area contributed by atoms with Gasteiger partial charge in [0.2, 0.25) is 5.95 Å². The zero-order valence-corrected chi connectivity index (χ0v) is 24.6. The number of nitrogens with one attached hydrogen (secondary N) is 1. The van der Waals surface area contributed by atoms with Gasteiger partial charge in [0.05, 0.1) is 11.1 Å². The molecule has 0 fully saturated rings. The van der Waals surface area contributed by atoms with E-state index in [1.165, 1.54) is 24.3 Å². The number of amides is 1. The fourth-order valence-electron chi connectivity index (χ4n) is 3.82. The molecule has 3 aromatic rings. The van der Waals surface area contributed by atoms with E-state index >= 15 is 0 Å². The molecule has 0 bridgehead atoms. The van der Waals surface area contributed by atoms with Crippen molar-refractivity contribution in [3.8, 4) is 0 Å². The molecule has 2 aromatic carbocycles. The van der Waals surface area contributed by atoms with E-state index in [1.807, 2.05) is 0 Å². The maximum absolute atomic E-state index is 13.0. The van der Waals surface area contributed by atoms with Gasteiger partial charge in [0, 0.05) is 17.4 Å². The number of anilines is 2. The number of nitrogens with zero attached hydrogens (tertiary/aromatic N) is 2. The lowest BCUT2D eigenvalue weighted by Crippen LogP contribution is -2.44. The zero-order chi connectivity index (χ0) is 31.2. The summed E-state index contributed by atoms with van der Waals surface area (Å²) in [5, 5.41) is 3.21. The van der Waals surface area contributed by atoms with E-state index in [-0.39, 0.29) is 42.3 Å². The fraction of sp³-hybridized carbons (Fsp3) is 0.400. The minimum absolute atomic E-state index is 0.0140. The van der Waals surface area contributed by atoms with E-state index in [9.17, 15) is 19.2 Å². The Morgan fingerprint density at radius 1 is 0.857 bits per heavy atom. The molecule has 42 heavy (non-hydrogen) atoms. The number of hydrogen-bond acceptors (Lipinski definition) is 11. The van der Waals surface area contributed by atoms with Crippen LogP contribution in [0.25, 0.3) is 10.9 Å². The van der Waals surface area contributed by atoms with Gasteiger partial charge < -0.3 is 31.0 Å². The topological polar surface area (TPSA) is 186 Å². The first kappa shape index (κ1) is 31.8. The molecule has 1 atom stereocenters. The average molecular weight is 580 g/mol. The molecule has 0 spiro atoms. The van der Waals surface area contributed by atoms with Crippen LogP contribution in [0.15, 0.2) is 42.5 Å². The third-order valence-corrected chi connectivity index (χ3v) is 5.61. The van der Waals surface area contributed by atoms with Crippen LogP contribution in [0, 0.1) is 0 Å². The summed E-state index contributed by atoms with van der Waals surface area (Å²) >= 11 is 0. The molecule has 1 amide bonds. The van der Waals surface area contributed by atoms with Crippen LogP contribution < -0.4 is 16.8 Å². The first-order chi connectivity index (χ1) is 19.5. The number of nitrogen functional groups attached to an aromatic ring is 2. The van der Waals surface area contributed by atoms with Crippen LogP contribution in [0.1, 0.15) is 80.7 Å². The second-order valence-electron chi connectivity index (χ2n) is 11.7. The quantitative estimate of drug-likeness (QED) is 0.248. The van der Waals surface area contributed by atoms with Gasteiger partial charge in [-0.25, -0.2) is 14.6 Å². The normalized spacial score (nSPS) is 12.3. The molecule has 0 aliphatic heterocycles. The Kier molecular flexibility index (Phi) is 9.71. The van der Waals surface area contributed by atoms with Crippen molar-refractivity contribution in [3.05, 3.63) is 59.2 Å². The van der Waals surface area contributed by atoms with E-state index in [1.54, 1.807) is 59.7 Å². The first-order valence-electron chi connectivity index (χ1n) is 13.3. The summed E-state index contributed by atoms with van der Waals surface area (Å²) in [6.45, 7) is 10.3. The van der Waals surface area contributed by atoms with E-state index in [0.717, 1.165) is 0 Å². The number of rotatable bonds is 9. The van der Waals surface area contributed by atoms with Crippen molar-refractivity contribution in [2.45, 2.75) is 78.2 Å². The number of hydrogen-bond donors (Lipinski definition) is 3. The van der Waals surface area contributed by atoms with Crippen molar-refractivity contribution >= 4 is 46.5 Å². The third-order valence-electron chi connectivity index (χ3n) is 5.61. The Labute approximate surface area is 244 Å². The molecule has 12 heteroatoms. The van der Waals surface area contributed by atoms with Gasteiger partial charge in [0.1, 0.15) is 29.7 Å². The van der Waals surface area contributed by atoms with Crippen LogP contribution >= 0.6 is 0 Å². The number of carbonyl (C=O) groups is 4. The van der Waals surface area contributed by atoms with Gasteiger partial charge in [-0.1, -0.05) is 6.07 Å². The fourth-order valence-corrected chi connectivity index (χ4v) is 3.82. The van der Waals surface area contributed by atoms with Gasteiger partial charge in [0.25, 0.3) is 5.91 Å². The molecule has 0 saturated carbocycles. The first-order valence-corrected chi connectivity index (χ1v) is 13.3. The highest BCUT2D eigenvalue weighted by Gasteiger charge is 2.28. The van der Waals surface area contributed by atoms with Crippen LogP contribution in [0.3, 0.4) is 0 Å². The Balaban J connectivity index is 1.63. The molecule has 5 N–H and O–H groups in total. The Bertz CT molecular complexity index is 1470. The minimum Gasteiger partial charge on any atom is -0.460 e. The van der Waals surface area contributed by atoms with Gasteiger partial charge in [-0.15, -0.1) is 0 Å². The predicted octanol–water partition coefficient (Wildman–Crippen LogP) is 3.71. The molecule has 0 radical (unpaired) electrons. The van der Waals surface area contributed by atoms with E-state index in [4.69, 9.17) is 25.7 Å². The number of esters is 3. The van der Waals surface area contributed by atoms with Gasteiger partial charge in [0.15, 0.2) is 0 Å². The lowest BCUT2D eigenvalue weighted by molar-refractivity contribution is -0.158. The zero-order valence-electron chi connectivity index (χ0n) is 24.6. The average Bonchev–Trinajstić information content (AvgIpc) is 2.87. The summed E-state index contributed by atoms with van der Waals surface area (Å²) in [5.41, 5.74) is 11.7. The Hall–Kier alpha value is -4.74. The molecular weight excluding hydrogens is 542 g/mol. The van der Waals surface area contributed by atoms with Crippen molar-refractivity contribution in [2.75, 3.05) is 11.5 Å². The van der Waals surface area contributed by atoms with Crippen molar-refractivity contribution in [1.29, 1.82) is 0 Å². The smallest absolute Gasteiger partial charge is 0.338 e. The largest absolute Gasteiger partial charge is 0.460 e. The number of ether oxygens (including phenoxy) is 3. The highest BCUT2D eigenvalue weighted by Crippen LogP contribution is 2.21. The minimum atomic E-state index is -1.09. The summed E-state index contributed by atoms with van der Waals surface area (Å²) in [7, 11) is 0. The van der Waals surface area contributed by atoms with Crippen LogP contribution in [-0.2, 0) is 30.4 Å². The highest BCUT2D eigenvalue weighted by molar-refractivity contribution is 5.98. The Morgan fingerprint density at radius 2 is 1.48 bits per heavy atom. The van der Waals surface area contributed by atoms with Crippen molar-refractivity contribution < 1.29 is 33.4 Å². The monoisotopic (exact) mass is 579 g/mol. The third kappa shape index (κ3) is 9.43. The molecule has 3 rings (SSSR count). The lowest BCUT2D eigenvalue weighted by atomic mass is 10.1. The van der Waals surface area contributed by atoms with Crippen molar-refractivity contribution in [1.82, 2.24) is 15.3 Å². The molecule has 0 aliphatic carbocycles. The summed E-state index contributed by atoms with van der Waals surface area (Å²) in [6.07, 6.45) is -0.114. The van der Waals surface area contributed by atoms with Crippen molar-refractivity contribution in [2.24, 2.45) is 0 Å². The van der Waals surface area contributed by atoms with Gasteiger partial charge in [-0.2, -0.15) is 4.98 Å². The van der Waals surface area contributed by atoms with E-state index in [0.29, 0.717) is 16.5 Å². The maximum atomic E-state index is 13.0. The number of fused-ring (bicyclic) bond motifs is 1. The van der Waals surface area contributed by atoms with Gasteiger partial charge in [-0.3, -0.25) is 9.59 Å². The molecule has 12 nitrogen and oxygen atoms in total. The van der Waals surface area contributed by atoms with Crippen molar-refractivity contribution in [3.63, 3.8) is 0 Å². The molecule has 1 heterocycles. The summed E-state index contributed by atoms with van der Waals surface area (Å²) in [6, 6.07) is 9.82. The second-order valence-corrected chi connectivity index (χ2v) is 11.7. The lowest BCUT2D eigenvalue weighted by Gasteiger charge is -2.25. The second kappa shape index (κ2) is 12.8. The molecule has 0 unspecified atom stereocenters. The number of aromatic nitrogens is 2. The molecule has 1 aromatic heterocycles. The Morgan fingerprint density at radius 3 is 2.10 bits per heavy atom. The summed E-state index contributed by atoms with van der Waals surface area (Å²) in [4.78, 5) is 58.7.